The number of carbonyl (C=O) groups is 2. The Kier molecular flexibility index (Phi) is 9.40. The highest BCUT2D eigenvalue weighted by atomic mass is 19.1. The van der Waals surface area contributed by atoms with Crippen LogP contribution in [0.1, 0.15) is 95.8 Å². The van der Waals surface area contributed by atoms with Gasteiger partial charge in [-0.15, -0.1) is 0 Å². The van der Waals surface area contributed by atoms with E-state index >= 15 is 8.78 Å². The van der Waals surface area contributed by atoms with E-state index in [1.807, 2.05) is 52.5 Å². The molecule has 1 amide bonds. The molecule has 1 fully saturated rings. The van der Waals surface area contributed by atoms with Crippen LogP contribution < -0.4 is 10.6 Å². The lowest BCUT2D eigenvalue weighted by atomic mass is 9.97. The fraction of sp³-hybridized carbons (Fsp3) is 0.444. The number of aldehydes is 1. The predicted molar refractivity (Wildman–Crippen MR) is 181 cm³/mol. The maximum absolute atomic E-state index is 16.3. The van der Waals surface area contributed by atoms with Crippen LogP contribution in [0.5, 0.6) is 0 Å². The van der Waals surface area contributed by atoms with Crippen LogP contribution in [0.4, 0.5) is 19.4 Å². The summed E-state index contributed by atoms with van der Waals surface area (Å²) in [4.78, 5) is 56.6. The van der Waals surface area contributed by atoms with Gasteiger partial charge in [-0.1, -0.05) is 39.8 Å². The third-order valence-electron chi connectivity index (χ3n) is 8.40. The molecule has 1 aliphatic heterocycles. The number of pyridine rings is 2. The number of rotatable bonds is 6. The minimum absolute atomic E-state index is 0.0345. The lowest BCUT2D eigenvalue weighted by Gasteiger charge is -2.45. The van der Waals surface area contributed by atoms with Gasteiger partial charge in [0.15, 0.2) is 17.8 Å². The molecule has 0 aliphatic carbocycles. The second kappa shape index (κ2) is 13.0. The first-order chi connectivity index (χ1) is 22.5. The predicted octanol–water partition coefficient (Wildman–Crippen LogP) is 7.01. The van der Waals surface area contributed by atoms with E-state index < -0.39 is 34.7 Å². The number of carbonyl (C=O) groups excluding carboxylic acids is 2. The molecule has 0 N–H and O–H groups in total. The highest BCUT2D eigenvalue weighted by Crippen LogP contribution is 2.37. The number of fused-ring (bicyclic) bond motifs is 1. The van der Waals surface area contributed by atoms with E-state index in [1.165, 1.54) is 22.8 Å². The summed E-state index contributed by atoms with van der Waals surface area (Å²) in [6, 6.07) is 6.16. The summed E-state index contributed by atoms with van der Waals surface area (Å²) in [6.07, 6.45) is 1.67. The van der Waals surface area contributed by atoms with Crippen molar-refractivity contribution in [2.75, 3.05) is 18.0 Å². The highest BCUT2D eigenvalue weighted by Gasteiger charge is 2.37. The molecule has 10 nitrogen and oxygen atoms in total. The van der Waals surface area contributed by atoms with E-state index in [9.17, 15) is 14.4 Å². The zero-order valence-electron chi connectivity index (χ0n) is 28.8. The Morgan fingerprint density at radius 2 is 1.67 bits per heavy atom. The molecule has 4 aromatic rings. The van der Waals surface area contributed by atoms with Crippen molar-refractivity contribution in [3.05, 3.63) is 75.5 Å². The monoisotopic (exact) mass is 660 g/mol. The summed E-state index contributed by atoms with van der Waals surface area (Å²) in [5.74, 6) is -1.71. The van der Waals surface area contributed by atoms with Gasteiger partial charge < -0.3 is 14.5 Å². The zero-order valence-corrected chi connectivity index (χ0v) is 28.8. The molecule has 5 rings (SSSR count). The molecule has 1 aromatic carbocycles. The molecule has 1 saturated heterocycles. The van der Waals surface area contributed by atoms with Gasteiger partial charge in [0, 0.05) is 42.5 Å². The van der Waals surface area contributed by atoms with E-state index in [2.05, 4.69) is 15.0 Å². The molecule has 2 atom stereocenters. The summed E-state index contributed by atoms with van der Waals surface area (Å²) in [5, 5.41) is 0.206. The van der Waals surface area contributed by atoms with Gasteiger partial charge in [-0.3, -0.25) is 9.78 Å². The molecule has 12 heteroatoms. The Labute approximate surface area is 278 Å². The lowest BCUT2D eigenvalue weighted by Crippen LogP contribution is -2.59. The van der Waals surface area contributed by atoms with Crippen molar-refractivity contribution in [3.8, 4) is 16.9 Å². The molecule has 0 spiro atoms. The van der Waals surface area contributed by atoms with Crippen LogP contribution in [0.25, 0.3) is 28.0 Å². The van der Waals surface area contributed by atoms with Gasteiger partial charge in [0.25, 0.3) is 0 Å². The number of benzene rings is 1. The number of hydrogen-bond donors (Lipinski definition) is 0. The number of halogens is 2. The molecule has 48 heavy (non-hydrogen) atoms. The summed E-state index contributed by atoms with van der Waals surface area (Å²) in [6.45, 7) is 17.6. The van der Waals surface area contributed by atoms with Crippen molar-refractivity contribution in [2.24, 2.45) is 0 Å². The first kappa shape index (κ1) is 34.6. The van der Waals surface area contributed by atoms with Gasteiger partial charge in [-0.05, 0) is 70.2 Å². The largest absolute Gasteiger partial charge is 0.444 e. The lowest BCUT2D eigenvalue weighted by molar-refractivity contribution is 0.0192. The Bertz CT molecular complexity index is 1910. The van der Waals surface area contributed by atoms with Crippen molar-refractivity contribution in [3.63, 3.8) is 0 Å². The minimum Gasteiger partial charge on any atom is -0.444 e. The smallest absolute Gasteiger partial charge is 0.410 e. The highest BCUT2D eigenvalue weighted by molar-refractivity contribution is 5.93. The zero-order chi connectivity index (χ0) is 35.2. The Balaban J connectivity index is 1.82. The van der Waals surface area contributed by atoms with Crippen molar-refractivity contribution in [1.29, 1.82) is 0 Å². The number of ether oxygens (including phenoxy) is 1. The maximum atomic E-state index is 16.3. The summed E-state index contributed by atoms with van der Waals surface area (Å²) in [7, 11) is 0. The summed E-state index contributed by atoms with van der Waals surface area (Å²) >= 11 is 0. The SMILES string of the molecule is CC(C)c1ccnc(C(C)C)c1-n1c(=O)nc(N2[C@@H](C)CN(C(=O)OC(C)(C)C)C[C@@H]2C)c2cc(F)c(-c3c(F)cccc3C=O)nc21. The molecular weight excluding hydrogens is 618 g/mol. The van der Waals surface area contributed by atoms with Gasteiger partial charge in [0.05, 0.1) is 16.8 Å². The summed E-state index contributed by atoms with van der Waals surface area (Å²) < 4.78 is 38.5. The van der Waals surface area contributed by atoms with Gasteiger partial charge in [-0.25, -0.2) is 27.9 Å². The first-order valence-electron chi connectivity index (χ1n) is 16.2. The van der Waals surface area contributed by atoms with E-state index in [0.29, 0.717) is 17.7 Å². The van der Waals surface area contributed by atoms with Crippen LogP contribution >= 0.6 is 0 Å². The van der Waals surface area contributed by atoms with Crippen LogP contribution in [0.15, 0.2) is 41.3 Å². The minimum atomic E-state index is -0.893. The number of hydrogen-bond acceptors (Lipinski definition) is 8. The third-order valence-corrected chi connectivity index (χ3v) is 8.40. The summed E-state index contributed by atoms with van der Waals surface area (Å²) in [5.41, 5.74) is -0.253. The first-order valence-corrected chi connectivity index (χ1v) is 16.2. The van der Waals surface area contributed by atoms with Crippen LogP contribution in [-0.2, 0) is 4.74 Å². The molecule has 4 heterocycles. The molecule has 0 radical (unpaired) electrons. The molecule has 254 valence electrons. The number of piperazine rings is 1. The molecule has 0 bridgehead atoms. The quantitative estimate of drug-likeness (QED) is 0.203. The number of amides is 1. The van der Waals surface area contributed by atoms with Gasteiger partial charge >= 0.3 is 11.8 Å². The number of nitrogens with zero attached hydrogens (tertiary/aromatic N) is 6. The molecule has 0 unspecified atom stereocenters. The second-order valence-electron chi connectivity index (χ2n) is 14.0. The molecule has 0 saturated carbocycles. The molecule has 3 aromatic heterocycles. The molecule has 1 aliphatic rings. The van der Waals surface area contributed by atoms with E-state index in [1.54, 1.807) is 31.9 Å². The van der Waals surface area contributed by atoms with Crippen LogP contribution in [0.2, 0.25) is 0 Å². The van der Waals surface area contributed by atoms with Crippen LogP contribution in [0, 0.1) is 11.6 Å². The average molecular weight is 661 g/mol. The van der Waals surface area contributed by atoms with E-state index in [-0.39, 0.29) is 65.0 Å². The number of anilines is 1. The van der Waals surface area contributed by atoms with Crippen molar-refractivity contribution in [1.82, 2.24) is 24.4 Å². The van der Waals surface area contributed by atoms with Crippen molar-refractivity contribution >= 4 is 29.2 Å². The normalized spacial score (nSPS) is 17.0. The third kappa shape index (κ3) is 6.40. The van der Waals surface area contributed by atoms with Gasteiger partial charge in [0.2, 0.25) is 0 Å². The Morgan fingerprint density at radius 1 is 1.00 bits per heavy atom. The second-order valence-corrected chi connectivity index (χ2v) is 14.0. The van der Waals surface area contributed by atoms with Gasteiger partial charge in [0.1, 0.15) is 22.9 Å². The number of aromatic nitrogens is 4. The van der Waals surface area contributed by atoms with Crippen LogP contribution in [-0.4, -0.2) is 67.6 Å². The van der Waals surface area contributed by atoms with Crippen LogP contribution in [0.3, 0.4) is 0 Å². The fourth-order valence-electron chi connectivity index (χ4n) is 6.40. The van der Waals surface area contributed by atoms with E-state index in [0.717, 1.165) is 11.6 Å². The average Bonchev–Trinajstić information content (AvgIpc) is 2.99. The van der Waals surface area contributed by atoms with Gasteiger partial charge in [-0.2, -0.15) is 4.98 Å². The van der Waals surface area contributed by atoms with E-state index in [4.69, 9.17) is 4.74 Å². The fourth-order valence-corrected chi connectivity index (χ4v) is 6.40. The van der Waals surface area contributed by atoms with Crippen molar-refractivity contribution < 1.29 is 23.1 Å². The standard InChI is InChI=1S/C36H42F2N6O4/c1-19(2)24-13-14-39-29(20(3)4)31(24)44-32-25(15-27(38)30(40-32)28-23(18-45)11-10-12-26(28)37)33(41-34(44)46)43-21(5)16-42(17-22(43)6)35(47)48-36(7,8)9/h10-15,18-22H,16-17H2,1-9H3/t21-,22-/m0/s1. The van der Waals surface area contributed by atoms with Crippen molar-refractivity contribution in [2.45, 2.75) is 91.8 Å². The topological polar surface area (TPSA) is 111 Å². The maximum Gasteiger partial charge on any atom is 0.410 e. The Hall–Kier alpha value is -4.74. The molecular formula is C36H42F2N6O4. The Morgan fingerprint density at radius 3 is 2.25 bits per heavy atom.